The van der Waals surface area contributed by atoms with E-state index in [-0.39, 0.29) is 0 Å². The minimum Gasteiger partial charge on any atom is -0.354 e. The smallest absolute Gasteiger partial charge is 0.215 e. The number of nitrogens with zero attached hydrogens (tertiary/aromatic N) is 5. The fourth-order valence-electron chi connectivity index (χ4n) is 2.20. The Morgan fingerprint density at radius 1 is 1.52 bits per heavy atom. The van der Waals surface area contributed by atoms with Crippen molar-refractivity contribution in [1.29, 1.82) is 10.7 Å². The van der Waals surface area contributed by atoms with Gasteiger partial charge in [-0.1, -0.05) is 18.7 Å². The SMILES string of the molecule is C=CNc1scc(-c2cccc(C#N)c2)c1C(=N)Sc1nnnn1C. The molecule has 0 unspecified atom stereocenters. The van der Waals surface area contributed by atoms with Crippen LogP contribution in [0.3, 0.4) is 0 Å². The molecule has 0 atom stereocenters. The lowest BCUT2D eigenvalue weighted by Gasteiger charge is -2.09. The largest absolute Gasteiger partial charge is 0.354 e. The highest BCUT2D eigenvalue weighted by atomic mass is 32.2. The van der Waals surface area contributed by atoms with Crippen LogP contribution in [0.1, 0.15) is 11.1 Å². The molecule has 9 heteroatoms. The van der Waals surface area contributed by atoms with E-state index in [1.54, 1.807) is 19.3 Å². The molecule has 0 aliphatic rings. The van der Waals surface area contributed by atoms with Crippen molar-refractivity contribution in [2.24, 2.45) is 7.05 Å². The number of nitriles is 1. The molecular weight excluding hydrogens is 354 g/mol. The summed E-state index contributed by atoms with van der Waals surface area (Å²) in [5, 5.41) is 35.7. The minimum absolute atomic E-state index is 0.306. The molecule has 3 rings (SSSR count). The lowest BCUT2D eigenvalue weighted by molar-refractivity contribution is 0.665. The lowest BCUT2D eigenvalue weighted by atomic mass is 10.0. The molecule has 0 amide bonds. The number of nitrogens with one attached hydrogen (secondary N) is 2. The summed E-state index contributed by atoms with van der Waals surface area (Å²) in [4.78, 5) is 0. The summed E-state index contributed by atoms with van der Waals surface area (Å²) in [6.07, 6.45) is 1.58. The van der Waals surface area contributed by atoms with Crippen LogP contribution in [-0.4, -0.2) is 25.3 Å². The van der Waals surface area contributed by atoms with Gasteiger partial charge in [-0.25, -0.2) is 4.68 Å². The van der Waals surface area contributed by atoms with Crippen LogP contribution in [-0.2, 0) is 7.05 Å². The Labute approximate surface area is 152 Å². The van der Waals surface area contributed by atoms with E-state index in [2.05, 4.69) is 33.5 Å². The monoisotopic (exact) mass is 367 g/mol. The maximum atomic E-state index is 9.13. The van der Waals surface area contributed by atoms with Gasteiger partial charge < -0.3 is 5.32 Å². The number of tetrazole rings is 1. The summed E-state index contributed by atoms with van der Waals surface area (Å²) in [5.74, 6) is 0. The Balaban J connectivity index is 2.05. The molecule has 0 saturated heterocycles. The molecule has 25 heavy (non-hydrogen) atoms. The first-order valence-corrected chi connectivity index (χ1v) is 8.82. The minimum atomic E-state index is 0.306. The standard InChI is InChI=1S/C16H13N7S2/c1-3-19-15-13(14(18)25-16-20-21-22-23(16)2)12(9-24-15)11-6-4-5-10(7-11)8-17/h3-7,9,18-19H,1H2,2H3. The van der Waals surface area contributed by atoms with Crippen LogP contribution < -0.4 is 5.32 Å². The molecule has 0 radical (unpaired) electrons. The van der Waals surface area contributed by atoms with E-state index in [9.17, 15) is 0 Å². The van der Waals surface area contributed by atoms with Crippen LogP contribution in [0.5, 0.6) is 0 Å². The first kappa shape index (κ1) is 16.9. The van der Waals surface area contributed by atoms with Crippen LogP contribution in [0.15, 0.2) is 47.6 Å². The van der Waals surface area contributed by atoms with Gasteiger partial charge >= 0.3 is 0 Å². The summed E-state index contributed by atoms with van der Waals surface area (Å²) in [7, 11) is 1.73. The number of rotatable bonds is 5. The van der Waals surface area contributed by atoms with Crippen molar-refractivity contribution < 1.29 is 0 Å². The average Bonchev–Trinajstić information content (AvgIpc) is 3.22. The van der Waals surface area contributed by atoms with Gasteiger partial charge in [0.25, 0.3) is 0 Å². The molecule has 1 aromatic carbocycles. The summed E-state index contributed by atoms with van der Waals surface area (Å²) in [5.41, 5.74) is 3.06. The predicted molar refractivity (Wildman–Crippen MR) is 99.8 cm³/mol. The molecule has 0 spiro atoms. The summed E-state index contributed by atoms with van der Waals surface area (Å²) >= 11 is 2.65. The summed E-state index contributed by atoms with van der Waals surface area (Å²) < 4.78 is 1.52. The van der Waals surface area contributed by atoms with Crippen LogP contribution in [0.25, 0.3) is 11.1 Å². The quantitative estimate of drug-likeness (QED) is 0.406. The van der Waals surface area contributed by atoms with Crippen LogP contribution >= 0.6 is 23.1 Å². The molecule has 7 nitrogen and oxygen atoms in total. The molecular formula is C16H13N7S2. The van der Waals surface area contributed by atoms with E-state index >= 15 is 0 Å². The average molecular weight is 367 g/mol. The van der Waals surface area contributed by atoms with E-state index in [1.807, 2.05) is 23.6 Å². The number of benzene rings is 1. The molecule has 0 aliphatic heterocycles. The summed E-state index contributed by atoms with van der Waals surface area (Å²) in [6.45, 7) is 3.69. The second kappa shape index (κ2) is 7.29. The Kier molecular flexibility index (Phi) is 4.92. The van der Waals surface area contributed by atoms with Gasteiger partial charge in [-0.2, -0.15) is 5.26 Å². The van der Waals surface area contributed by atoms with Gasteiger partial charge in [0.15, 0.2) is 0 Å². The first-order valence-electron chi connectivity index (χ1n) is 7.12. The molecule has 3 aromatic rings. The van der Waals surface area contributed by atoms with Crippen molar-refractivity contribution in [2.45, 2.75) is 5.16 Å². The van der Waals surface area contributed by atoms with E-state index < -0.39 is 0 Å². The molecule has 2 N–H and O–H groups in total. The van der Waals surface area contributed by atoms with Crippen LogP contribution in [0.4, 0.5) is 5.00 Å². The third-order valence-corrected chi connectivity index (χ3v) is 5.18. The van der Waals surface area contributed by atoms with E-state index in [0.717, 1.165) is 21.7 Å². The Morgan fingerprint density at radius 2 is 2.36 bits per heavy atom. The van der Waals surface area contributed by atoms with E-state index in [0.29, 0.717) is 15.8 Å². The van der Waals surface area contributed by atoms with Gasteiger partial charge in [0.2, 0.25) is 5.16 Å². The Hall–Kier alpha value is -2.96. The maximum absolute atomic E-state index is 9.13. The zero-order valence-corrected chi connectivity index (χ0v) is 14.9. The molecule has 0 saturated carbocycles. The number of thiophene rings is 1. The van der Waals surface area contributed by atoms with Crippen molar-refractivity contribution in [3.05, 3.63) is 53.6 Å². The van der Waals surface area contributed by atoms with Gasteiger partial charge in [-0.15, -0.1) is 16.4 Å². The van der Waals surface area contributed by atoms with Gasteiger partial charge in [0.1, 0.15) is 10.0 Å². The van der Waals surface area contributed by atoms with Crippen LogP contribution in [0.2, 0.25) is 0 Å². The van der Waals surface area contributed by atoms with Gasteiger partial charge in [-0.05, 0) is 46.1 Å². The number of aromatic nitrogens is 4. The van der Waals surface area contributed by atoms with Crippen molar-refractivity contribution in [2.75, 3.05) is 5.32 Å². The molecule has 124 valence electrons. The van der Waals surface area contributed by atoms with Crippen molar-refractivity contribution in [3.63, 3.8) is 0 Å². The fourth-order valence-corrected chi connectivity index (χ4v) is 3.98. The zero-order valence-electron chi connectivity index (χ0n) is 13.2. The van der Waals surface area contributed by atoms with E-state index in [4.69, 9.17) is 10.7 Å². The highest BCUT2D eigenvalue weighted by Gasteiger charge is 2.20. The normalized spacial score (nSPS) is 10.2. The number of hydrogen-bond donors (Lipinski definition) is 2. The Bertz CT molecular complexity index is 981. The number of anilines is 1. The third-order valence-electron chi connectivity index (χ3n) is 3.33. The molecule has 0 fully saturated rings. The van der Waals surface area contributed by atoms with Gasteiger partial charge in [-0.3, -0.25) is 5.41 Å². The zero-order chi connectivity index (χ0) is 17.8. The summed E-state index contributed by atoms with van der Waals surface area (Å²) in [6, 6.07) is 9.46. The van der Waals surface area contributed by atoms with E-state index in [1.165, 1.54) is 27.8 Å². The second-order valence-electron chi connectivity index (χ2n) is 4.91. The van der Waals surface area contributed by atoms with Gasteiger partial charge in [0, 0.05) is 23.6 Å². The highest BCUT2D eigenvalue weighted by molar-refractivity contribution is 8.14. The fraction of sp³-hybridized carbons (Fsp3) is 0.0625. The topological polar surface area (TPSA) is 103 Å². The van der Waals surface area contributed by atoms with Crippen molar-refractivity contribution in [3.8, 4) is 17.2 Å². The van der Waals surface area contributed by atoms with Crippen LogP contribution in [0, 0.1) is 16.7 Å². The Morgan fingerprint density at radius 3 is 3.04 bits per heavy atom. The molecule has 0 bridgehead atoms. The molecule has 2 heterocycles. The second-order valence-corrected chi connectivity index (χ2v) is 6.77. The molecule has 2 aromatic heterocycles. The van der Waals surface area contributed by atoms with Crippen molar-refractivity contribution >= 4 is 33.1 Å². The predicted octanol–water partition coefficient (Wildman–Crippen LogP) is 3.48. The van der Waals surface area contributed by atoms with Crippen molar-refractivity contribution in [1.82, 2.24) is 20.2 Å². The first-order chi connectivity index (χ1) is 12.1. The third kappa shape index (κ3) is 3.45. The van der Waals surface area contributed by atoms with Gasteiger partial charge in [0.05, 0.1) is 11.6 Å². The molecule has 0 aliphatic carbocycles. The number of aryl methyl sites for hydroxylation is 1. The number of thioether (sulfide) groups is 1. The lowest BCUT2D eigenvalue weighted by Crippen LogP contribution is -2.01. The maximum Gasteiger partial charge on any atom is 0.215 e. The number of hydrogen-bond acceptors (Lipinski definition) is 8. The highest BCUT2D eigenvalue weighted by Crippen LogP contribution is 2.39.